The number of halogens is 3. The minimum atomic E-state index is -1.13. The van der Waals surface area contributed by atoms with Gasteiger partial charge in [-0.25, -0.2) is 8.78 Å². The molecule has 40 heavy (non-hydrogen) atoms. The molecule has 2 saturated carbocycles. The van der Waals surface area contributed by atoms with Gasteiger partial charge in [0.25, 0.3) is 0 Å². The molecular weight excluding hydrogens is 517 g/mol. The highest BCUT2D eigenvalue weighted by atomic mass is 19.2. The van der Waals surface area contributed by atoms with Crippen molar-refractivity contribution in [2.45, 2.75) is 95.5 Å². The van der Waals surface area contributed by atoms with Gasteiger partial charge in [0.05, 0.1) is 18.6 Å². The molecule has 0 spiro atoms. The Morgan fingerprint density at radius 3 is 2.30 bits per heavy atom. The summed E-state index contributed by atoms with van der Waals surface area (Å²) in [5.41, 5.74) is 1.17. The SMILES string of the molecule is C=CCCOc1ccc(C2CCC(C(=O)Oc3ccc(C4CCC(C(O)CCC)CC4)c(F)c3F)CC2)cc1F. The molecule has 1 N–H and O–H groups in total. The van der Waals surface area contributed by atoms with Crippen LogP contribution in [0.1, 0.15) is 101 Å². The highest BCUT2D eigenvalue weighted by Crippen LogP contribution is 2.41. The van der Waals surface area contributed by atoms with E-state index in [0.29, 0.717) is 57.1 Å². The van der Waals surface area contributed by atoms with Crippen molar-refractivity contribution in [2.75, 3.05) is 6.61 Å². The Balaban J connectivity index is 1.30. The smallest absolute Gasteiger partial charge is 0.314 e. The Kier molecular flexibility index (Phi) is 10.7. The molecule has 218 valence electrons. The maximum atomic E-state index is 15.0. The number of hydrogen-bond donors (Lipinski definition) is 1. The number of benzene rings is 2. The molecule has 2 aromatic carbocycles. The van der Waals surface area contributed by atoms with Gasteiger partial charge in [-0.05, 0) is 111 Å². The van der Waals surface area contributed by atoms with Gasteiger partial charge >= 0.3 is 5.97 Å². The van der Waals surface area contributed by atoms with Crippen molar-refractivity contribution in [1.29, 1.82) is 0 Å². The van der Waals surface area contributed by atoms with Gasteiger partial charge in [0.2, 0.25) is 5.82 Å². The van der Waals surface area contributed by atoms with Crippen LogP contribution in [0.5, 0.6) is 11.5 Å². The number of carbonyl (C=O) groups is 1. The monoisotopic (exact) mass is 558 g/mol. The largest absolute Gasteiger partial charge is 0.490 e. The molecule has 0 saturated heterocycles. The van der Waals surface area contributed by atoms with Crippen LogP contribution in [0.2, 0.25) is 0 Å². The van der Waals surface area contributed by atoms with Crippen molar-refractivity contribution in [3.05, 3.63) is 71.6 Å². The Bertz CT molecular complexity index is 1150. The fourth-order valence-corrected chi connectivity index (χ4v) is 6.28. The van der Waals surface area contributed by atoms with E-state index in [-0.39, 0.29) is 35.4 Å². The fourth-order valence-electron chi connectivity index (χ4n) is 6.28. The molecule has 4 nitrogen and oxygen atoms in total. The molecule has 2 aliphatic rings. The van der Waals surface area contributed by atoms with Crippen LogP contribution in [0.15, 0.2) is 43.0 Å². The first-order chi connectivity index (χ1) is 19.3. The lowest BCUT2D eigenvalue weighted by molar-refractivity contribution is -0.140. The van der Waals surface area contributed by atoms with E-state index >= 15 is 4.39 Å². The molecule has 2 fully saturated rings. The Labute approximate surface area is 235 Å². The van der Waals surface area contributed by atoms with Crippen molar-refractivity contribution < 1.29 is 32.5 Å². The summed E-state index contributed by atoms with van der Waals surface area (Å²) in [7, 11) is 0. The highest BCUT2D eigenvalue weighted by molar-refractivity contribution is 5.75. The molecule has 0 heterocycles. The average molecular weight is 559 g/mol. The first-order valence-corrected chi connectivity index (χ1v) is 14.7. The maximum absolute atomic E-state index is 15.0. The van der Waals surface area contributed by atoms with Gasteiger partial charge in [0.1, 0.15) is 0 Å². The molecule has 1 atom stereocenters. The third-order valence-corrected chi connectivity index (χ3v) is 8.69. The maximum Gasteiger partial charge on any atom is 0.314 e. The van der Waals surface area contributed by atoms with Crippen LogP contribution in [0.4, 0.5) is 13.2 Å². The molecule has 0 aliphatic heterocycles. The minimum Gasteiger partial charge on any atom is -0.490 e. The van der Waals surface area contributed by atoms with Crippen molar-refractivity contribution in [2.24, 2.45) is 11.8 Å². The summed E-state index contributed by atoms with van der Waals surface area (Å²) >= 11 is 0. The number of rotatable bonds is 11. The number of hydrogen-bond acceptors (Lipinski definition) is 4. The van der Waals surface area contributed by atoms with E-state index in [4.69, 9.17) is 9.47 Å². The zero-order chi connectivity index (χ0) is 28.6. The van der Waals surface area contributed by atoms with Crippen LogP contribution in [-0.4, -0.2) is 23.8 Å². The van der Waals surface area contributed by atoms with E-state index in [0.717, 1.165) is 31.2 Å². The number of ether oxygens (including phenoxy) is 2. The first kappa shape index (κ1) is 30.2. The fraction of sp³-hybridized carbons (Fsp3) is 0.545. The van der Waals surface area contributed by atoms with Gasteiger partial charge in [-0.1, -0.05) is 31.6 Å². The van der Waals surface area contributed by atoms with Crippen LogP contribution in [0.3, 0.4) is 0 Å². The van der Waals surface area contributed by atoms with E-state index in [9.17, 15) is 18.7 Å². The molecule has 2 aromatic rings. The predicted molar refractivity (Wildman–Crippen MR) is 149 cm³/mol. The van der Waals surface area contributed by atoms with Gasteiger partial charge in [0.15, 0.2) is 23.1 Å². The van der Waals surface area contributed by atoms with Crippen LogP contribution in [0, 0.1) is 29.3 Å². The lowest BCUT2D eigenvalue weighted by Crippen LogP contribution is -2.26. The summed E-state index contributed by atoms with van der Waals surface area (Å²) in [4.78, 5) is 12.8. The molecule has 0 bridgehead atoms. The van der Waals surface area contributed by atoms with Crippen molar-refractivity contribution >= 4 is 5.97 Å². The molecule has 0 aromatic heterocycles. The van der Waals surface area contributed by atoms with Crippen molar-refractivity contribution in [3.63, 3.8) is 0 Å². The zero-order valence-corrected chi connectivity index (χ0v) is 23.3. The molecule has 4 rings (SSSR count). The third-order valence-electron chi connectivity index (χ3n) is 8.69. The number of carbonyl (C=O) groups excluding carboxylic acids is 1. The average Bonchev–Trinajstić information content (AvgIpc) is 2.97. The van der Waals surface area contributed by atoms with Gasteiger partial charge in [-0.15, -0.1) is 6.58 Å². The van der Waals surface area contributed by atoms with E-state index in [1.807, 2.05) is 13.0 Å². The highest BCUT2D eigenvalue weighted by Gasteiger charge is 2.32. The number of aliphatic hydroxyl groups excluding tert-OH is 1. The third kappa shape index (κ3) is 7.28. The standard InChI is InChI=1S/C33H41F3O4/c1-3-5-19-39-29-17-15-25(20-27(29)34)21-7-13-24(14-8-21)33(38)40-30-18-16-26(31(35)32(30)36)22-9-11-23(12-10-22)28(37)6-4-2/h3,15-18,20-24,28,37H,1,4-14,19H2,2H3. The zero-order valence-electron chi connectivity index (χ0n) is 23.3. The van der Waals surface area contributed by atoms with Crippen LogP contribution >= 0.6 is 0 Å². The summed E-state index contributed by atoms with van der Waals surface area (Å²) in [5, 5.41) is 10.3. The van der Waals surface area contributed by atoms with E-state index in [2.05, 4.69) is 6.58 Å². The normalized spacial score (nSPS) is 23.8. The molecule has 0 radical (unpaired) electrons. The van der Waals surface area contributed by atoms with Gasteiger partial charge in [-0.3, -0.25) is 4.79 Å². The van der Waals surface area contributed by atoms with Gasteiger partial charge in [-0.2, -0.15) is 4.39 Å². The second-order valence-electron chi connectivity index (χ2n) is 11.3. The first-order valence-electron chi connectivity index (χ1n) is 14.7. The number of aliphatic hydroxyl groups is 1. The van der Waals surface area contributed by atoms with Gasteiger partial charge < -0.3 is 14.6 Å². The quantitative estimate of drug-likeness (QED) is 0.130. The Morgan fingerprint density at radius 1 is 0.975 bits per heavy atom. The van der Waals surface area contributed by atoms with E-state index in [1.54, 1.807) is 12.1 Å². The molecule has 1 unspecified atom stereocenters. The molecule has 0 amide bonds. The molecule has 2 aliphatic carbocycles. The van der Waals surface area contributed by atoms with E-state index in [1.165, 1.54) is 18.2 Å². The predicted octanol–water partition coefficient (Wildman–Crippen LogP) is 8.37. The Morgan fingerprint density at radius 2 is 1.65 bits per heavy atom. The topological polar surface area (TPSA) is 55.8 Å². The molecular formula is C33H41F3O4. The summed E-state index contributed by atoms with van der Waals surface area (Å²) in [6.07, 6.45) is 9.03. The van der Waals surface area contributed by atoms with Crippen LogP contribution in [0.25, 0.3) is 0 Å². The lowest BCUT2D eigenvalue weighted by atomic mass is 9.76. The Hall–Kier alpha value is -2.80. The summed E-state index contributed by atoms with van der Waals surface area (Å²) in [6, 6.07) is 7.87. The van der Waals surface area contributed by atoms with Crippen LogP contribution < -0.4 is 9.47 Å². The lowest BCUT2D eigenvalue weighted by Gasteiger charge is -2.32. The van der Waals surface area contributed by atoms with Crippen molar-refractivity contribution in [1.82, 2.24) is 0 Å². The van der Waals surface area contributed by atoms with Crippen molar-refractivity contribution in [3.8, 4) is 11.5 Å². The van der Waals surface area contributed by atoms with Gasteiger partial charge in [0, 0.05) is 0 Å². The summed E-state index contributed by atoms with van der Waals surface area (Å²) in [5.74, 6) is -3.45. The second-order valence-corrected chi connectivity index (χ2v) is 11.3. The summed E-state index contributed by atoms with van der Waals surface area (Å²) < 4.78 is 55.2. The van der Waals surface area contributed by atoms with E-state index < -0.39 is 29.3 Å². The summed E-state index contributed by atoms with van der Waals surface area (Å²) in [6.45, 7) is 6.03. The number of esters is 1. The van der Waals surface area contributed by atoms with Crippen LogP contribution in [-0.2, 0) is 4.79 Å². The molecule has 7 heteroatoms. The second kappa shape index (κ2) is 14.2. The minimum absolute atomic E-state index is 0.104.